The third-order valence-electron chi connectivity index (χ3n) is 5.37. The van der Waals surface area contributed by atoms with Gasteiger partial charge in [0.25, 0.3) is 5.91 Å². The monoisotopic (exact) mass is 490 g/mol. The molecule has 0 saturated heterocycles. The Morgan fingerprint density at radius 1 is 1.06 bits per heavy atom. The maximum atomic E-state index is 13.9. The highest BCUT2D eigenvalue weighted by molar-refractivity contribution is 6.04. The summed E-state index contributed by atoms with van der Waals surface area (Å²) in [6, 6.07) is 18.5. The number of hydrogen-bond acceptors (Lipinski definition) is 7. The number of hydrogen-bond donors (Lipinski definition) is 1. The van der Waals surface area contributed by atoms with E-state index in [1.54, 1.807) is 35.0 Å². The van der Waals surface area contributed by atoms with E-state index in [1.165, 1.54) is 18.2 Å². The van der Waals surface area contributed by atoms with Crippen molar-refractivity contribution in [3.05, 3.63) is 78.1 Å². The molecule has 3 aromatic carbocycles. The number of amides is 1. The summed E-state index contributed by atoms with van der Waals surface area (Å²) in [5, 5.41) is 7.22. The first kappa shape index (κ1) is 23.3. The van der Waals surface area contributed by atoms with Crippen molar-refractivity contribution in [1.29, 1.82) is 0 Å². The zero-order valence-corrected chi connectivity index (χ0v) is 19.4. The Labute approximate surface area is 206 Å². The zero-order valence-electron chi connectivity index (χ0n) is 19.4. The first-order valence-electron chi connectivity index (χ1n) is 11.4. The fourth-order valence-corrected chi connectivity index (χ4v) is 3.62. The lowest BCUT2D eigenvalue weighted by Gasteiger charge is -2.09. The van der Waals surface area contributed by atoms with Crippen molar-refractivity contribution in [2.45, 2.75) is 6.92 Å². The smallest absolute Gasteiger partial charge is 0.336 e. The molecule has 1 N–H and O–H groups in total. The molecule has 1 aliphatic heterocycles. The topological polar surface area (TPSA) is 96.7 Å². The van der Waals surface area contributed by atoms with E-state index in [2.05, 4.69) is 15.4 Å². The summed E-state index contributed by atoms with van der Waals surface area (Å²) in [4.78, 5) is 17.0. The lowest BCUT2D eigenvalue weighted by molar-refractivity contribution is 0.102. The molecule has 2 heterocycles. The van der Waals surface area contributed by atoms with Gasteiger partial charge in [-0.1, -0.05) is 12.1 Å². The molecule has 9 nitrogen and oxygen atoms in total. The maximum absolute atomic E-state index is 13.9. The van der Waals surface area contributed by atoms with Crippen LogP contribution in [0.2, 0.25) is 0 Å². The SMILES string of the molecule is CCOCCOc1nc(-c2ccc3c(c2)OCO3)n(-c2ccc(NC(=O)c3ccccc3F)cc2)n1. The summed E-state index contributed by atoms with van der Waals surface area (Å²) in [5.74, 6) is 0.690. The molecule has 184 valence electrons. The van der Waals surface area contributed by atoms with Gasteiger partial charge in [0.2, 0.25) is 6.79 Å². The van der Waals surface area contributed by atoms with Crippen molar-refractivity contribution < 1.29 is 28.1 Å². The van der Waals surface area contributed by atoms with E-state index >= 15 is 0 Å². The van der Waals surface area contributed by atoms with Crippen molar-refractivity contribution in [2.24, 2.45) is 0 Å². The summed E-state index contributed by atoms with van der Waals surface area (Å²) in [7, 11) is 0. The van der Waals surface area contributed by atoms with E-state index in [1.807, 2.05) is 25.1 Å². The van der Waals surface area contributed by atoms with Crippen LogP contribution in [0, 0.1) is 5.82 Å². The van der Waals surface area contributed by atoms with Crippen LogP contribution < -0.4 is 19.5 Å². The number of ether oxygens (including phenoxy) is 4. The van der Waals surface area contributed by atoms with E-state index in [9.17, 15) is 9.18 Å². The third kappa shape index (κ3) is 4.98. The van der Waals surface area contributed by atoms with Gasteiger partial charge in [-0.05, 0) is 61.5 Å². The fourth-order valence-electron chi connectivity index (χ4n) is 3.62. The molecule has 0 atom stereocenters. The van der Waals surface area contributed by atoms with Crippen LogP contribution in [-0.4, -0.2) is 47.3 Å². The summed E-state index contributed by atoms with van der Waals surface area (Å²) in [6.45, 7) is 3.39. The Balaban J connectivity index is 1.41. The van der Waals surface area contributed by atoms with Crippen molar-refractivity contribution >= 4 is 11.6 Å². The number of anilines is 1. The molecule has 4 aromatic rings. The summed E-state index contributed by atoms with van der Waals surface area (Å²) in [6.07, 6.45) is 0. The van der Waals surface area contributed by atoms with Gasteiger partial charge in [-0.2, -0.15) is 4.98 Å². The predicted molar refractivity (Wildman–Crippen MR) is 129 cm³/mol. The minimum Gasteiger partial charge on any atom is -0.460 e. The van der Waals surface area contributed by atoms with Gasteiger partial charge in [-0.25, -0.2) is 9.07 Å². The summed E-state index contributed by atoms with van der Waals surface area (Å²) < 4.78 is 37.5. The van der Waals surface area contributed by atoms with Crippen molar-refractivity contribution in [3.8, 4) is 34.6 Å². The number of fused-ring (bicyclic) bond motifs is 1. The van der Waals surface area contributed by atoms with E-state index in [0.717, 1.165) is 5.56 Å². The second-order valence-corrected chi connectivity index (χ2v) is 7.72. The molecule has 0 saturated carbocycles. The van der Waals surface area contributed by atoms with E-state index in [4.69, 9.17) is 18.9 Å². The number of halogens is 1. The summed E-state index contributed by atoms with van der Waals surface area (Å²) in [5.41, 5.74) is 1.91. The third-order valence-corrected chi connectivity index (χ3v) is 5.37. The van der Waals surface area contributed by atoms with Crippen LogP contribution in [0.1, 0.15) is 17.3 Å². The molecule has 0 spiro atoms. The first-order chi connectivity index (χ1) is 17.6. The lowest BCUT2D eigenvalue weighted by atomic mass is 10.1. The van der Waals surface area contributed by atoms with E-state index in [0.29, 0.717) is 48.5 Å². The normalized spacial score (nSPS) is 11.9. The Morgan fingerprint density at radius 2 is 1.86 bits per heavy atom. The fraction of sp³-hybridized carbons (Fsp3) is 0.192. The summed E-state index contributed by atoms with van der Waals surface area (Å²) >= 11 is 0. The van der Waals surface area contributed by atoms with Crippen molar-refractivity contribution in [3.63, 3.8) is 0 Å². The average molecular weight is 490 g/mol. The van der Waals surface area contributed by atoms with E-state index < -0.39 is 11.7 Å². The molecule has 0 aliphatic carbocycles. The average Bonchev–Trinajstić information content (AvgIpc) is 3.54. The Kier molecular flexibility index (Phi) is 6.76. The number of nitrogens with zero attached hydrogens (tertiary/aromatic N) is 3. The standard InChI is InChI=1S/C26H23FN4O5/c1-2-33-13-14-34-26-29-24(17-7-12-22-23(15-17)36-16-35-22)31(30-26)19-10-8-18(9-11-19)28-25(32)20-5-3-4-6-21(20)27/h3-12,15H,2,13-14,16H2,1H3,(H,28,32). The Hall–Kier alpha value is -4.44. The molecule has 1 amide bonds. The number of nitrogens with one attached hydrogen (secondary N) is 1. The van der Waals surface area contributed by atoms with Crippen LogP contribution in [-0.2, 0) is 4.74 Å². The van der Waals surface area contributed by atoms with Gasteiger partial charge in [0, 0.05) is 17.9 Å². The maximum Gasteiger partial charge on any atom is 0.336 e. The molecule has 1 aromatic heterocycles. The van der Waals surface area contributed by atoms with Crippen LogP contribution in [0.4, 0.5) is 10.1 Å². The molecule has 10 heteroatoms. The lowest BCUT2D eigenvalue weighted by Crippen LogP contribution is -2.13. The quantitative estimate of drug-likeness (QED) is 0.346. The predicted octanol–water partition coefficient (Wildman–Crippen LogP) is 4.47. The van der Waals surface area contributed by atoms with E-state index in [-0.39, 0.29) is 18.4 Å². The van der Waals surface area contributed by atoms with Crippen molar-refractivity contribution in [2.75, 3.05) is 31.9 Å². The van der Waals surface area contributed by atoms with Gasteiger partial charge >= 0.3 is 6.01 Å². The van der Waals surface area contributed by atoms with Crippen LogP contribution in [0.3, 0.4) is 0 Å². The van der Waals surface area contributed by atoms with Gasteiger partial charge in [0.05, 0.1) is 17.9 Å². The van der Waals surface area contributed by atoms with Crippen LogP contribution in [0.5, 0.6) is 17.5 Å². The number of carbonyl (C=O) groups is 1. The molecule has 0 bridgehead atoms. The molecule has 36 heavy (non-hydrogen) atoms. The highest BCUT2D eigenvalue weighted by Crippen LogP contribution is 2.36. The molecule has 0 unspecified atom stereocenters. The molecule has 0 radical (unpaired) electrons. The first-order valence-corrected chi connectivity index (χ1v) is 11.4. The van der Waals surface area contributed by atoms with Crippen LogP contribution in [0.25, 0.3) is 17.1 Å². The number of benzene rings is 3. The van der Waals surface area contributed by atoms with Gasteiger partial charge in [-0.3, -0.25) is 4.79 Å². The molecular formula is C26H23FN4O5. The van der Waals surface area contributed by atoms with Crippen LogP contribution >= 0.6 is 0 Å². The molecular weight excluding hydrogens is 467 g/mol. The van der Waals surface area contributed by atoms with Crippen molar-refractivity contribution in [1.82, 2.24) is 14.8 Å². The second-order valence-electron chi connectivity index (χ2n) is 7.72. The van der Waals surface area contributed by atoms with Gasteiger partial charge < -0.3 is 24.3 Å². The highest BCUT2D eigenvalue weighted by atomic mass is 19.1. The number of aromatic nitrogens is 3. The number of carbonyl (C=O) groups excluding carboxylic acids is 1. The van der Waals surface area contributed by atoms with Gasteiger partial charge in [-0.15, -0.1) is 5.10 Å². The minimum atomic E-state index is -0.584. The highest BCUT2D eigenvalue weighted by Gasteiger charge is 2.20. The Morgan fingerprint density at radius 3 is 2.67 bits per heavy atom. The van der Waals surface area contributed by atoms with Gasteiger partial charge in [0.1, 0.15) is 12.4 Å². The van der Waals surface area contributed by atoms with Gasteiger partial charge in [0.15, 0.2) is 17.3 Å². The molecule has 5 rings (SSSR count). The van der Waals surface area contributed by atoms with Crippen LogP contribution in [0.15, 0.2) is 66.7 Å². The zero-order chi connectivity index (χ0) is 24.9. The Bertz CT molecular complexity index is 1370. The minimum absolute atomic E-state index is 0.0307. The molecule has 0 fully saturated rings. The number of rotatable bonds is 9. The molecule has 1 aliphatic rings. The largest absolute Gasteiger partial charge is 0.460 e. The second kappa shape index (κ2) is 10.4.